The molecule has 0 aliphatic carbocycles. The van der Waals surface area contributed by atoms with Gasteiger partial charge in [-0.1, -0.05) is 23.7 Å². The summed E-state index contributed by atoms with van der Waals surface area (Å²) in [7, 11) is 3.59. The molecule has 0 spiro atoms. The smallest absolute Gasteiger partial charge is 0.191 e. The van der Waals surface area contributed by atoms with Gasteiger partial charge in [-0.05, 0) is 17.7 Å². The lowest BCUT2D eigenvalue weighted by atomic mass is 10.2. The predicted octanol–water partition coefficient (Wildman–Crippen LogP) is 1.95. The van der Waals surface area contributed by atoms with Crippen molar-refractivity contribution in [2.45, 2.75) is 13.1 Å². The van der Waals surface area contributed by atoms with Crippen LogP contribution in [0.1, 0.15) is 11.4 Å². The van der Waals surface area contributed by atoms with Crippen molar-refractivity contribution in [1.82, 2.24) is 25.4 Å². The van der Waals surface area contributed by atoms with E-state index in [0.29, 0.717) is 19.0 Å². The number of guanidine groups is 1. The minimum Gasteiger partial charge on any atom is -0.352 e. The summed E-state index contributed by atoms with van der Waals surface area (Å²) in [5, 5.41) is 11.2. The molecule has 1 aromatic heterocycles. The fourth-order valence-electron chi connectivity index (χ4n) is 1.65. The molecule has 0 saturated heterocycles. The van der Waals surface area contributed by atoms with E-state index < -0.39 is 0 Å². The van der Waals surface area contributed by atoms with Crippen LogP contribution in [0.3, 0.4) is 0 Å². The maximum atomic E-state index is 5.85. The molecule has 21 heavy (non-hydrogen) atoms. The number of nitrogens with zero attached hydrogens (tertiary/aromatic N) is 4. The Morgan fingerprint density at radius 3 is 2.48 bits per heavy atom. The molecule has 2 aromatic rings. The maximum absolute atomic E-state index is 5.85. The van der Waals surface area contributed by atoms with Crippen LogP contribution in [-0.2, 0) is 20.1 Å². The molecule has 0 amide bonds. The lowest BCUT2D eigenvalue weighted by Gasteiger charge is -2.11. The fourth-order valence-corrected chi connectivity index (χ4v) is 1.78. The molecule has 0 aliphatic rings. The van der Waals surface area contributed by atoms with E-state index in [2.05, 4.69) is 25.7 Å². The topological polar surface area (TPSA) is 67.1 Å². The van der Waals surface area contributed by atoms with E-state index in [9.17, 15) is 0 Å². The standard InChI is InChI=1S/C13H17ClN6.HI/c1-15-13(17-8-12-18-9-19-20(12)2)16-7-10-3-5-11(14)6-4-10;/h3-6,9H,7-8H2,1-2H3,(H2,15,16,17);1H. The van der Waals surface area contributed by atoms with Crippen molar-refractivity contribution >= 4 is 41.5 Å². The number of aryl methyl sites for hydroxylation is 1. The van der Waals surface area contributed by atoms with Gasteiger partial charge < -0.3 is 10.6 Å². The van der Waals surface area contributed by atoms with E-state index in [1.807, 2.05) is 31.3 Å². The number of hydrogen-bond donors (Lipinski definition) is 2. The van der Waals surface area contributed by atoms with Gasteiger partial charge in [-0.2, -0.15) is 5.10 Å². The molecule has 114 valence electrons. The zero-order valence-electron chi connectivity index (χ0n) is 11.9. The first kappa shape index (κ1) is 17.7. The lowest BCUT2D eigenvalue weighted by molar-refractivity contribution is 0.672. The molecule has 8 heteroatoms. The Morgan fingerprint density at radius 2 is 1.90 bits per heavy atom. The summed E-state index contributed by atoms with van der Waals surface area (Å²) in [6.45, 7) is 1.24. The lowest BCUT2D eigenvalue weighted by Crippen LogP contribution is -2.36. The van der Waals surface area contributed by atoms with Crippen LogP contribution in [0.4, 0.5) is 0 Å². The Morgan fingerprint density at radius 1 is 1.24 bits per heavy atom. The molecule has 0 unspecified atom stereocenters. The van der Waals surface area contributed by atoms with Crippen molar-refractivity contribution in [1.29, 1.82) is 0 Å². The quantitative estimate of drug-likeness (QED) is 0.451. The van der Waals surface area contributed by atoms with Gasteiger partial charge in [0.25, 0.3) is 0 Å². The maximum Gasteiger partial charge on any atom is 0.191 e. The summed E-state index contributed by atoms with van der Waals surface area (Å²) in [4.78, 5) is 8.30. The van der Waals surface area contributed by atoms with Crippen LogP contribution in [0.5, 0.6) is 0 Å². The van der Waals surface area contributed by atoms with Gasteiger partial charge in [0.15, 0.2) is 5.96 Å². The van der Waals surface area contributed by atoms with Gasteiger partial charge in [-0.15, -0.1) is 24.0 Å². The Labute approximate surface area is 146 Å². The van der Waals surface area contributed by atoms with Crippen molar-refractivity contribution in [3.05, 3.63) is 47.0 Å². The molecule has 0 radical (unpaired) electrons. The molecule has 0 saturated carbocycles. The molecule has 2 N–H and O–H groups in total. The number of nitrogens with one attached hydrogen (secondary N) is 2. The molecule has 0 atom stereocenters. The number of aliphatic imine (C=N–C) groups is 1. The van der Waals surface area contributed by atoms with Crippen molar-refractivity contribution < 1.29 is 0 Å². The Balaban J connectivity index is 0.00000220. The SMILES string of the molecule is CN=C(NCc1ccc(Cl)cc1)NCc1ncnn1C.I. The Bertz CT molecular complexity index is 581. The second-order valence-electron chi connectivity index (χ2n) is 4.21. The van der Waals surface area contributed by atoms with Gasteiger partial charge in [0.2, 0.25) is 0 Å². The van der Waals surface area contributed by atoms with Crippen molar-refractivity contribution in [3.63, 3.8) is 0 Å². The molecule has 2 rings (SSSR count). The summed E-state index contributed by atoms with van der Waals surface area (Å²) in [5.41, 5.74) is 1.14. The molecule has 1 heterocycles. The largest absolute Gasteiger partial charge is 0.352 e. The summed E-state index contributed by atoms with van der Waals surface area (Å²) in [6.07, 6.45) is 1.53. The first-order valence-corrected chi connectivity index (χ1v) is 6.58. The van der Waals surface area contributed by atoms with Gasteiger partial charge in [0.1, 0.15) is 12.2 Å². The van der Waals surface area contributed by atoms with Crippen LogP contribution >= 0.6 is 35.6 Å². The number of rotatable bonds is 4. The van der Waals surface area contributed by atoms with Gasteiger partial charge in [0.05, 0.1) is 6.54 Å². The van der Waals surface area contributed by atoms with Crippen LogP contribution in [0.15, 0.2) is 35.6 Å². The monoisotopic (exact) mass is 420 g/mol. The molecule has 0 fully saturated rings. The normalized spacial score (nSPS) is 10.9. The fraction of sp³-hybridized carbons (Fsp3) is 0.308. The van der Waals surface area contributed by atoms with Crippen molar-refractivity contribution in [3.8, 4) is 0 Å². The first-order chi connectivity index (χ1) is 9.69. The highest BCUT2D eigenvalue weighted by Crippen LogP contribution is 2.08. The second-order valence-corrected chi connectivity index (χ2v) is 4.64. The average Bonchev–Trinajstić information content (AvgIpc) is 2.86. The van der Waals surface area contributed by atoms with Crippen LogP contribution in [-0.4, -0.2) is 27.8 Å². The zero-order chi connectivity index (χ0) is 14.4. The molecule has 1 aromatic carbocycles. The van der Waals surface area contributed by atoms with Gasteiger partial charge >= 0.3 is 0 Å². The number of benzene rings is 1. The molecular weight excluding hydrogens is 403 g/mol. The number of aromatic nitrogens is 3. The van der Waals surface area contributed by atoms with E-state index >= 15 is 0 Å². The minimum absolute atomic E-state index is 0. The van der Waals surface area contributed by atoms with Gasteiger partial charge in [-0.3, -0.25) is 9.67 Å². The highest BCUT2D eigenvalue weighted by atomic mass is 127. The van der Waals surface area contributed by atoms with E-state index in [0.717, 1.165) is 16.4 Å². The number of halogens is 2. The van der Waals surface area contributed by atoms with Crippen LogP contribution in [0.25, 0.3) is 0 Å². The summed E-state index contributed by atoms with van der Waals surface area (Å²) in [6, 6.07) is 7.69. The van der Waals surface area contributed by atoms with Gasteiger partial charge in [0, 0.05) is 25.7 Å². The van der Waals surface area contributed by atoms with Crippen LogP contribution in [0.2, 0.25) is 5.02 Å². The average molecular weight is 421 g/mol. The van der Waals surface area contributed by atoms with Gasteiger partial charge in [-0.25, -0.2) is 4.98 Å². The highest BCUT2D eigenvalue weighted by Gasteiger charge is 2.02. The van der Waals surface area contributed by atoms with Crippen LogP contribution < -0.4 is 10.6 Å². The van der Waals surface area contributed by atoms with E-state index in [-0.39, 0.29) is 24.0 Å². The van der Waals surface area contributed by atoms with Crippen molar-refractivity contribution in [2.75, 3.05) is 7.05 Å². The van der Waals surface area contributed by atoms with E-state index in [1.165, 1.54) is 6.33 Å². The van der Waals surface area contributed by atoms with Crippen LogP contribution in [0, 0.1) is 0 Å². The molecular formula is C13H18ClIN6. The minimum atomic E-state index is 0. The third-order valence-electron chi connectivity index (χ3n) is 2.82. The van der Waals surface area contributed by atoms with E-state index in [4.69, 9.17) is 11.6 Å². The van der Waals surface area contributed by atoms with Crippen molar-refractivity contribution in [2.24, 2.45) is 12.0 Å². The predicted molar refractivity (Wildman–Crippen MR) is 94.9 cm³/mol. The Hall–Kier alpha value is -1.35. The molecule has 0 bridgehead atoms. The first-order valence-electron chi connectivity index (χ1n) is 6.21. The summed E-state index contributed by atoms with van der Waals surface area (Å²) < 4.78 is 1.72. The third kappa shape index (κ3) is 5.50. The summed E-state index contributed by atoms with van der Waals surface area (Å²) in [5.74, 6) is 1.56. The third-order valence-corrected chi connectivity index (χ3v) is 3.07. The van der Waals surface area contributed by atoms with E-state index in [1.54, 1.807) is 11.7 Å². The highest BCUT2D eigenvalue weighted by molar-refractivity contribution is 14.0. The number of hydrogen-bond acceptors (Lipinski definition) is 3. The molecule has 0 aliphatic heterocycles. The second kappa shape index (κ2) is 8.83. The Kier molecular flexibility index (Phi) is 7.44. The molecule has 6 nitrogen and oxygen atoms in total. The summed E-state index contributed by atoms with van der Waals surface area (Å²) >= 11 is 5.85. The zero-order valence-corrected chi connectivity index (χ0v) is 15.0.